The lowest BCUT2D eigenvalue weighted by Gasteiger charge is -1.95. The van der Waals surface area contributed by atoms with Crippen LogP contribution in [0.2, 0.25) is 0 Å². The van der Waals surface area contributed by atoms with Gasteiger partial charge in [-0.15, -0.1) is 0 Å². The maximum absolute atomic E-state index is 2.37. The minimum absolute atomic E-state index is 0.682. The van der Waals surface area contributed by atoms with Gasteiger partial charge >= 0.3 is 0 Å². The highest BCUT2D eigenvalue weighted by Gasteiger charge is 2.05. The van der Waals surface area contributed by atoms with E-state index in [2.05, 4.69) is 90.4 Å². The lowest BCUT2D eigenvalue weighted by atomic mass is 11.0. The van der Waals surface area contributed by atoms with Gasteiger partial charge in [-0.1, -0.05) is 90.4 Å². The lowest BCUT2D eigenvalue weighted by molar-refractivity contribution is 1.79. The van der Waals surface area contributed by atoms with Crippen molar-refractivity contribution in [2.24, 2.45) is 0 Å². The fourth-order valence-electron chi connectivity index (χ4n) is 0. The van der Waals surface area contributed by atoms with Crippen molar-refractivity contribution >= 4 is 90.4 Å². The van der Waals surface area contributed by atoms with Crippen LogP contribution in [-0.4, -0.2) is 1.93 Å². The van der Waals surface area contributed by atoms with Gasteiger partial charge < -0.3 is 0 Å². The first-order valence-corrected chi connectivity index (χ1v) is 5.75. The van der Waals surface area contributed by atoms with Crippen LogP contribution in [0.15, 0.2) is 0 Å². The topological polar surface area (TPSA) is 0 Å². The summed E-state index contributed by atoms with van der Waals surface area (Å²) in [5, 5.41) is 0. The third-order valence-corrected chi connectivity index (χ3v) is 7.42. The second kappa shape index (κ2) is 4.77. The van der Waals surface area contributed by atoms with Gasteiger partial charge in [-0.3, -0.25) is 0 Å². The summed E-state index contributed by atoms with van der Waals surface area (Å²) >= 11 is 9.38. The van der Waals surface area contributed by atoms with Crippen LogP contribution in [0.25, 0.3) is 0 Å². The maximum Gasteiger partial charge on any atom is 0.119 e. The Hall–Kier alpha value is 2.92. The number of rotatable bonds is 1. The predicted molar refractivity (Wildman–Crippen MR) is 63.1 cm³/mol. The largest absolute Gasteiger partial charge is 0.119 e. The molecule has 0 N–H and O–H groups in total. The molecule has 1 radical (unpaired) electrons. The second-order valence-corrected chi connectivity index (χ2v) is 9.85. The van der Waals surface area contributed by atoms with Gasteiger partial charge in [0, 0.05) is 0 Å². The molecule has 37 valence electrons. The van der Waals surface area contributed by atoms with E-state index in [0.29, 0.717) is 1.93 Å². The molecule has 0 aliphatic carbocycles. The average molecular weight is 533 g/mol. The molecule has 0 aliphatic heterocycles. The van der Waals surface area contributed by atoms with Crippen molar-refractivity contribution in [2.45, 2.75) is 1.93 Å². The highest BCUT2D eigenvalue weighted by Crippen LogP contribution is 2.33. The van der Waals surface area contributed by atoms with Gasteiger partial charge in [-0.2, -0.15) is 0 Å². The second-order valence-electron chi connectivity index (χ2n) is 0.590. The zero-order chi connectivity index (χ0) is 5.15. The fourth-order valence-corrected chi connectivity index (χ4v) is 0. The van der Waals surface area contributed by atoms with Crippen LogP contribution in [0, 0.1) is 1.93 Å². The molecule has 0 aromatic rings. The molecule has 0 aromatic carbocycles. The quantitative estimate of drug-likeness (QED) is 0.358. The summed E-state index contributed by atoms with van der Waals surface area (Å²) in [5.74, 6) is 0. The Labute approximate surface area is 92.2 Å². The highest BCUT2D eigenvalue weighted by atomic mass is 127. The Morgan fingerprint density at radius 1 is 1.17 bits per heavy atom. The Morgan fingerprint density at radius 2 is 1.33 bits per heavy atom. The third kappa shape index (κ3) is 5.06. The lowest BCUT2D eigenvalue weighted by Crippen LogP contribution is -1.81. The van der Waals surface area contributed by atoms with Crippen molar-refractivity contribution in [1.82, 2.24) is 0 Å². The van der Waals surface area contributed by atoms with Crippen molar-refractivity contribution in [3.05, 3.63) is 1.93 Å². The van der Waals surface area contributed by atoms with Crippen molar-refractivity contribution in [3.8, 4) is 0 Å². The molecule has 0 heterocycles. The van der Waals surface area contributed by atoms with Crippen LogP contribution in [0.3, 0.4) is 0 Å². The van der Waals surface area contributed by atoms with Crippen molar-refractivity contribution in [1.29, 1.82) is 0 Å². The number of halogens is 4. The molecule has 0 fully saturated rings. The van der Waals surface area contributed by atoms with E-state index in [1.165, 1.54) is 1.93 Å². The normalized spacial score (nSPS) is 11.0. The summed E-state index contributed by atoms with van der Waals surface area (Å²) in [6.07, 6.45) is 0. The van der Waals surface area contributed by atoms with Gasteiger partial charge in [0.25, 0.3) is 0 Å². The van der Waals surface area contributed by atoms with E-state index in [1.807, 2.05) is 0 Å². The molecule has 0 unspecified atom stereocenters. The Kier molecular flexibility index (Phi) is 7.09. The molecular weight excluding hydrogens is 532 g/mol. The molecule has 0 aromatic heterocycles. The van der Waals surface area contributed by atoms with E-state index in [9.17, 15) is 0 Å². The molecule has 0 saturated carbocycles. The summed E-state index contributed by atoms with van der Waals surface area (Å²) in [6.45, 7) is 0. The molecule has 0 spiro atoms. The van der Waals surface area contributed by atoms with Crippen LogP contribution in [-0.2, 0) is 0 Å². The van der Waals surface area contributed by atoms with Crippen LogP contribution < -0.4 is 0 Å². The number of hydrogen-bond donors (Lipinski definition) is 0. The van der Waals surface area contributed by atoms with Gasteiger partial charge in [0.05, 0.1) is 1.93 Å². The van der Waals surface area contributed by atoms with Gasteiger partial charge in [0.15, 0.2) is 0 Å². The Balaban J connectivity index is 2.99. The third-order valence-electron chi connectivity index (χ3n) is 0.165. The smallest absolute Gasteiger partial charge is 0.0686 e. The van der Waals surface area contributed by atoms with Gasteiger partial charge in [-0.05, 0) is 0 Å². The molecule has 0 aliphatic rings. The van der Waals surface area contributed by atoms with E-state index < -0.39 is 0 Å². The monoisotopic (exact) mass is 533 g/mol. The van der Waals surface area contributed by atoms with Crippen LogP contribution in [0.5, 0.6) is 0 Å². The molecule has 0 amide bonds. The fraction of sp³-hybridized carbons (Fsp3) is 0.500. The van der Waals surface area contributed by atoms with Crippen LogP contribution >= 0.6 is 90.4 Å². The molecular formula is C2HI4. The van der Waals surface area contributed by atoms with Crippen LogP contribution in [0.1, 0.15) is 0 Å². The summed E-state index contributed by atoms with van der Waals surface area (Å²) < 4.78 is 2.10. The summed E-state index contributed by atoms with van der Waals surface area (Å²) in [7, 11) is 0. The van der Waals surface area contributed by atoms with E-state index in [-0.39, 0.29) is 0 Å². The molecule has 0 bridgehead atoms. The van der Waals surface area contributed by atoms with E-state index in [0.717, 1.165) is 0 Å². The molecule has 4 heteroatoms. The minimum Gasteiger partial charge on any atom is -0.0686 e. The van der Waals surface area contributed by atoms with Crippen molar-refractivity contribution in [3.63, 3.8) is 0 Å². The van der Waals surface area contributed by atoms with Crippen molar-refractivity contribution < 1.29 is 0 Å². The highest BCUT2D eigenvalue weighted by molar-refractivity contribution is 14.2. The zero-order valence-corrected chi connectivity index (χ0v) is 11.2. The van der Waals surface area contributed by atoms with E-state index >= 15 is 0 Å². The Morgan fingerprint density at radius 3 is 1.33 bits per heavy atom. The molecule has 0 nitrogen and oxygen atoms in total. The summed E-state index contributed by atoms with van der Waals surface area (Å²) in [4.78, 5) is 0. The summed E-state index contributed by atoms with van der Waals surface area (Å²) in [6, 6.07) is 0. The van der Waals surface area contributed by atoms with Gasteiger partial charge in [-0.25, -0.2) is 0 Å². The minimum atomic E-state index is 0.682. The van der Waals surface area contributed by atoms with Gasteiger partial charge in [0.1, 0.15) is 1.93 Å². The number of alkyl halides is 2. The predicted octanol–water partition coefficient (Wildman–Crippen LogP) is 3.54. The summed E-state index contributed by atoms with van der Waals surface area (Å²) in [5.41, 5.74) is 0. The molecule has 6 heavy (non-hydrogen) atoms. The Bertz CT molecular complexity index is 26.5. The molecule has 0 rings (SSSR count). The average Bonchev–Trinajstić information content (AvgIpc) is 1.36. The standard InChI is InChI=1S/C2HI4/c3-1(4)2(5)6/h1H. The molecule has 0 atom stereocenters. The maximum atomic E-state index is 2.37. The molecule has 0 saturated heterocycles. The first kappa shape index (κ1) is 8.92. The first-order chi connectivity index (χ1) is 2.64. The van der Waals surface area contributed by atoms with Crippen LogP contribution in [0.4, 0.5) is 0 Å². The van der Waals surface area contributed by atoms with Gasteiger partial charge in [0.2, 0.25) is 0 Å². The van der Waals surface area contributed by atoms with E-state index in [4.69, 9.17) is 0 Å². The van der Waals surface area contributed by atoms with E-state index in [1.54, 1.807) is 0 Å². The number of hydrogen-bond acceptors (Lipinski definition) is 0. The van der Waals surface area contributed by atoms with Crippen molar-refractivity contribution in [2.75, 3.05) is 0 Å². The zero-order valence-electron chi connectivity index (χ0n) is 2.59. The SMILES string of the molecule is I[C](I)C(I)I. The first-order valence-electron chi connectivity index (χ1n) is 1.10.